The molecule has 2 aromatic carbocycles. The van der Waals surface area contributed by atoms with Crippen LogP contribution in [0.25, 0.3) is 0 Å². The Morgan fingerprint density at radius 2 is 2.00 bits per heavy atom. The highest BCUT2D eigenvalue weighted by Crippen LogP contribution is 2.31. The van der Waals surface area contributed by atoms with E-state index in [2.05, 4.69) is 21.2 Å². The Bertz CT molecular complexity index is 680. The van der Waals surface area contributed by atoms with E-state index in [-0.39, 0.29) is 15.7 Å². The van der Waals surface area contributed by atoms with Crippen molar-refractivity contribution < 1.29 is 4.39 Å². The molecule has 0 fully saturated rings. The first-order valence-corrected chi connectivity index (χ1v) is 6.62. The summed E-state index contributed by atoms with van der Waals surface area (Å²) in [5.74, 6) is -0.501. The van der Waals surface area contributed by atoms with E-state index in [0.29, 0.717) is 5.02 Å². The quantitative estimate of drug-likeness (QED) is 0.819. The Kier molecular flexibility index (Phi) is 4.08. The lowest BCUT2D eigenvalue weighted by Crippen LogP contribution is -1.98. The number of hydrogen-bond acceptors (Lipinski definition) is 2. The molecule has 0 aliphatic rings. The van der Waals surface area contributed by atoms with Gasteiger partial charge >= 0.3 is 0 Å². The van der Waals surface area contributed by atoms with Crippen LogP contribution in [-0.4, -0.2) is 0 Å². The Balaban J connectivity index is 2.43. The highest BCUT2D eigenvalue weighted by molar-refractivity contribution is 9.10. The van der Waals surface area contributed by atoms with Crippen LogP contribution in [0.4, 0.5) is 15.8 Å². The van der Waals surface area contributed by atoms with Gasteiger partial charge in [-0.2, -0.15) is 5.26 Å². The molecule has 5 heteroatoms. The van der Waals surface area contributed by atoms with Crippen LogP contribution in [0.1, 0.15) is 11.1 Å². The molecule has 1 N–H and O–H groups in total. The fourth-order valence-electron chi connectivity index (χ4n) is 1.62. The van der Waals surface area contributed by atoms with Gasteiger partial charge in [-0.1, -0.05) is 17.7 Å². The lowest BCUT2D eigenvalue weighted by molar-refractivity contribution is 0.624. The molecule has 0 spiro atoms. The molecule has 0 amide bonds. The van der Waals surface area contributed by atoms with Crippen LogP contribution in [0.2, 0.25) is 5.02 Å². The highest BCUT2D eigenvalue weighted by Gasteiger charge is 2.12. The number of nitrogens with one attached hydrogen (secondary N) is 1. The molecule has 0 heterocycles. The van der Waals surface area contributed by atoms with Crippen molar-refractivity contribution >= 4 is 38.9 Å². The summed E-state index contributed by atoms with van der Waals surface area (Å²) >= 11 is 9.09. The minimum atomic E-state index is -0.501. The summed E-state index contributed by atoms with van der Waals surface area (Å²) in [4.78, 5) is 0. The third-order valence-corrected chi connectivity index (χ3v) is 3.92. The molecular formula is C14H9BrClFN2. The van der Waals surface area contributed by atoms with Crippen LogP contribution < -0.4 is 5.32 Å². The minimum Gasteiger partial charge on any atom is -0.353 e. The summed E-state index contributed by atoms with van der Waals surface area (Å²) in [5, 5.41) is 12.4. The van der Waals surface area contributed by atoms with Gasteiger partial charge in [0.05, 0.1) is 15.7 Å². The number of benzene rings is 2. The molecule has 0 bridgehead atoms. The third kappa shape index (κ3) is 2.73. The maximum absolute atomic E-state index is 14.1. The zero-order chi connectivity index (χ0) is 14.0. The molecule has 0 unspecified atom stereocenters. The average molecular weight is 340 g/mol. The maximum atomic E-state index is 14.1. The van der Waals surface area contributed by atoms with E-state index < -0.39 is 5.82 Å². The average Bonchev–Trinajstić information content (AvgIpc) is 2.40. The van der Waals surface area contributed by atoms with Gasteiger partial charge in [0.15, 0.2) is 5.82 Å². The molecule has 0 aliphatic heterocycles. The van der Waals surface area contributed by atoms with E-state index in [1.807, 2.05) is 19.1 Å². The number of anilines is 2. The van der Waals surface area contributed by atoms with Crippen LogP contribution >= 0.6 is 27.5 Å². The predicted molar refractivity (Wildman–Crippen MR) is 78.3 cm³/mol. The molecule has 2 rings (SSSR count). The van der Waals surface area contributed by atoms with E-state index in [4.69, 9.17) is 16.9 Å². The monoisotopic (exact) mass is 338 g/mol. The molecule has 0 aromatic heterocycles. The second-order valence-electron chi connectivity index (χ2n) is 3.94. The van der Waals surface area contributed by atoms with Gasteiger partial charge in [-0.3, -0.25) is 0 Å². The summed E-state index contributed by atoms with van der Waals surface area (Å²) in [7, 11) is 0. The third-order valence-electron chi connectivity index (χ3n) is 2.74. The lowest BCUT2D eigenvalue weighted by atomic mass is 10.1. The van der Waals surface area contributed by atoms with Crippen molar-refractivity contribution in [2.24, 2.45) is 0 Å². The molecule has 2 aromatic rings. The van der Waals surface area contributed by atoms with Crippen molar-refractivity contribution in [1.82, 2.24) is 0 Å². The van der Waals surface area contributed by atoms with Crippen molar-refractivity contribution in [3.05, 3.63) is 56.8 Å². The number of halogens is 3. The Labute approximate surface area is 123 Å². The summed E-state index contributed by atoms with van der Waals surface area (Å²) in [6, 6.07) is 10.4. The standard InChI is InChI=1S/C14H9BrClFN2/c1-8-10(16)3-2-4-11(8)19-12-6-5-9(7-18)13(15)14(12)17/h2-6,19H,1H3. The normalized spacial score (nSPS) is 10.1. The number of rotatable bonds is 2. The first-order chi connectivity index (χ1) is 9.04. The molecule has 19 heavy (non-hydrogen) atoms. The lowest BCUT2D eigenvalue weighted by Gasteiger charge is -2.12. The smallest absolute Gasteiger partial charge is 0.162 e. The molecule has 0 atom stereocenters. The van der Waals surface area contributed by atoms with E-state index >= 15 is 0 Å². The molecule has 0 saturated carbocycles. The van der Waals surface area contributed by atoms with Gasteiger partial charge in [-0.25, -0.2) is 4.39 Å². The second-order valence-corrected chi connectivity index (χ2v) is 5.14. The van der Waals surface area contributed by atoms with Crippen LogP contribution in [0.5, 0.6) is 0 Å². The summed E-state index contributed by atoms with van der Waals surface area (Å²) < 4.78 is 14.2. The van der Waals surface area contributed by atoms with Gasteiger partial charge in [-0.15, -0.1) is 0 Å². The Morgan fingerprint density at radius 1 is 1.26 bits per heavy atom. The van der Waals surface area contributed by atoms with Crippen molar-refractivity contribution in [1.29, 1.82) is 5.26 Å². The molecule has 96 valence electrons. The first-order valence-electron chi connectivity index (χ1n) is 5.45. The van der Waals surface area contributed by atoms with Crippen LogP contribution in [0.15, 0.2) is 34.8 Å². The van der Waals surface area contributed by atoms with Crippen molar-refractivity contribution in [3.8, 4) is 6.07 Å². The summed E-state index contributed by atoms with van der Waals surface area (Å²) in [6.07, 6.45) is 0. The van der Waals surface area contributed by atoms with Gasteiger partial charge in [0.1, 0.15) is 6.07 Å². The first kappa shape index (κ1) is 13.9. The fraction of sp³-hybridized carbons (Fsp3) is 0.0714. The number of nitrogens with zero attached hydrogens (tertiary/aromatic N) is 1. The zero-order valence-electron chi connectivity index (χ0n) is 9.97. The van der Waals surface area contributed by atoms with Crippen molar-refractivity contribution in [2.45, 2.75) is 6.92 Å². The van der Waals surface area contributed by atoms with Crippen LogP contribution in [0, 0.1) is 24.1 Å². The minimum absolute atomic E-state index is 0.152. The van der Waals surface area contributed by atoms with E-state index in [1.165, 1.54) is 6.07 Å². The fourth-order valence-corrected chi connectivity index (χ4v) is 2.23. The zero-order valence-corrected chi connectivity index (χ0v) is 12.3. The number of nitriles is 1. The molecular weight excluding hydrogens is 331 g/mol. The molecule has 2 nitrogen and oxygen atoms in total. The molecule has 0 saturated heterocycles. The summed E-state index contributed by atoms with van der Waals surface area (Å²) in [6.45, 7) is 1.85. The van der Waals surface area contributed by atoms with Gasteiger partial charge in [0, 0.05) is 10.7 Å². The SMILES string of the molecule is Cc1c(Cl)cccc1Nc1ccc(C#N)c(Br)c1F. The molecule has 0 radical (unpaired) electrons. The largest absolute Gasteiger partial charge is 0.353 e. The summed E-state index contributed by atoms with van der Waals surface area (Å²) in [5.41, 5.74) is 2.11. The van der Waals surface area contributed by atoms with E-state index in [9.17, 15) is 4.39 Å². The topological polar surface area (TPSA) is 35.8 Å². The second kappa shape index (κ2) is 5.60. The van der Waals surface area contributed by atoms with Crippen molar-refractivity contribution in [2.75, 3.05) is 5.32 Å². The number of hydrogen-bond donors (Lipinski definition) is 1. The van der Waals surface area contributed by atoms with E-state index in [1.54, 1.807) is 18.2 Å². The maximum Gasteiger partial charge on any atom is 0.162 e. The van der Waals surface area contributed by atoms with Gasteiger partial charge < -0.3 is 5.32 Å². The molecule has 0 aliphatic carbocycles. The van der Waals surface area contributed by atoms with E-state index in [0.717, 1.165) is 11.3 Å². The Morgan fingerprint density at radius 3 is 2.68 bits per heavy atom. The van der Waals surface area contributed by atoms with Gasteiger partial charge in [-0.05, 0) is 52.7 Å². The highest BCUT2D eigenvalue weighted by atomic mass is 79.9. The predicted octanol–water partition coefficient (Wildman–Crippen LogP) is 5.17. The van der Waals surface area contributed by atoms with Gasteiger partial charge in [0.2, 0.25) is 0 Å². The van der Waals surface area contributed by atoms with Gasteiger partial charge in [0.25, 0.3) is 0 Å². The van der Waals surface area contributed by atoms with Crippen molar-refractivity contribution in [3.63, 3.8) is 0 Å². The van der Waals surface area contributed by atoms with Crippen LogP contribution in [-0.2, 0) is 0 Å². The Hall–Kier alpha value is -1.57. The van der Waals surface area contributed by atoms with Crippen LogP contribution in [0.3, 0.4) is 0 Å².